The molecule has 2 aliphatic rings. The van der Waals surface area contributed by atoms with Crippen molar-refractivity contribution in [1.82, 2.24) is 0 Å². The number of ether oxygens (including phenoxy) is 1. The molecule has 0 aromatic carbocycles. The molecule has 1 spiro atoms. The van der Waals surface area contributed by atoms with Gasteiger partial charge in [0, 0.05) is 11.0 Å². The molecule has 0 aromatic heterocycles. The van der Waals surface area contributed by atoms with Gasteiger partial charge in [-0.1, -0.05) is 47.6 Å². The zero-order valence-electron chi connectivity index (χ0n) is 16.9. The molecule has 0 saturated heterocycles. The number of ketones is 1. The van der Waals surface area contributed by atoms with Crippen LogP contribution < -0.4 is 0 Å². The lowest BCUT2D eigenvalue weighted by atomic mass is 9.90. The highest BCUT2D eigenvalue weighted by Gasteiger charge is 2.49. The molecule has 0 saturated carbocycles. The topological polar surface area (TPSA) is 70.8 Å². The minimum atomic E-state index is -2.08. The molecule has 0 radical (unpaired) electrons. The standard InChI is InChI=1S/C19H31NO5Si/c1-13(2)26(14(3)4,15(5)6)24-12-16-11-19(25-20(16)22)9-8-17(21)10-18(19)23-7/h8-10,13-15H,11-12H2,1-7H3/t19-/m1/s1. The zero-order valence-corrected chi connectivity index (χ0v) is 17.9. The van der Waals surface area contributed by atoms with E-state index in [1.54, 1.807) is 6.08 Å². The van der Waals surface area contributed by atoms with Crippen molar-refractivity contribution in [3.63, 3.8) is 0 Å². The number of carbonyl (C=O) groups excluding carboxylic acids is 1. The third kappa shape index (κ3) is 3.47. The number of hydrogen-bond donors (Lipinski definition) is 0. The number of nitrogens with zero attached hydrogens (tertiary/aromatic N) is 1. The van der Waals surface area contributed by atoms with Gasteiger partial charge in [0.05, 0.1) is 13.5 Å². The quantitative estimate of drug-likeness (QED) is 0.494. The minimum Gasteiger partial charge on any atom is -0.499 e. The smallest absolute Gasteiger partial charge is 0.248 e. The van der Waals surface area contributed by atoms with Crippen LogP contribution in [0.1, 0.15) is 48.0 Å². The molecule has 6 nitrogen and oxygen atoms in total. The summed E-state index contributed by atoms with van der Waals surface area (Å²) in [7, 11) is -0.609. The molecule has 0 fully saturated rings. The molecule has 26 heavy (non-hydrogen) atoms. The highest BCUT2D eigenvalue weighted by atomic mass is 28.4. The van der Waals surface area contributed by atoms with E-state index >= 15 is 0 Å². The van der Waals surface area contributed by atoms with E-state index in [-0.39, 0.29) is 12.4 Å². The molecule has 2 rings (SSSR count). The third-order valence-corrected chi connectivity index (χ3v) is 11.7. The number of rotatable bonds is 7. The second-order valence-electron chi connectivity index (χ2n) is 8.04. The van der Waals surface area contributed by atoms with E-state index in [1.807, 2.05) is 0 Å². The molecule has 0 bridgehead atoms. The van der Waals surface area contributed by atoms with Crippen molar-refractivity contribution >= 4 is 19.8 Å². The van der Waals surface area contributed by atoms with Gasteiger partial charge < -0.3 is 14.0 Å². The van der Waals surface area contributed by atoms with Gasteiger partial charge in [-0.05, 0) is 22.7 Å². The summed E-state index contributed by atoms with van der Waals surface area (Å²) < 4.78 is 11.8. The predicted octanol–water partition coefficient (Wildman–Crippen LogP) is 3.87. The lowest BCUT2D eigenvalue weighted by Crippen LogP contribution is -2.49. The lowest BCUT2D eigenvalue weighted by Gasteiger charge is -2.41. The van der Waals surface area contributed by atoms with Gasteiger partial charge in [-0.2, -0.15) is 0 Å². The van der Waals surface area contributed by atoms with Crippen molar-refractivity contribution in [2.45, 2.75) is 70.2 Å². The molecule has 0 unspecified atom stereocenters. The van der Waals surface area contributed by atoms with E-state index in [0.717, 1.165) is 0 Å². The Morgan fingerprint density at radius 3 is 2.31 bits per heavy atom. The molecule has 1 aliphatic heterocycles. The van der Waals surface area contributed by atoms with Crippen LogP contribution in [0, 0.1) is 5.21 Å². The molecular formula is C19H31NO5Si. The van der Waals surface area contributed by atoms with E-state index in [1.165, 1.54) is 19.3 Å². The fourth-order valence-electron chi connectivity index (χ4n) is 4.48. The van der Waals surface area contributed by atoms with E-state index in [0.29, 0.717) is 39.4 Å². The minimum absolute atomic E-state index is 0.177. The molecule has 0 N–H and O–H groups in total. The zero-order chi connectivity index (χ0) is 19.7. The average Bonchev–Trinajstić information content (AvgIpc) is 2.86. The average molecular weight is 382 g/mol. The van der Waals surface area contributed by atoms with Crippen molar-refractivity contribution in [2.75, 3.05) is 13.7 Å². The van der Waals surface area contributed by atoms with Gasteiger partial charge >= 0.3 is 0 Å². The predicted molar refractivity (Wildman–Crippen MR) is 103 cm³/mol. The number of allylic oxidation sites excluding steroid dienone is 2. The molecule has 7 heteroatoms. The summed E-state index contributed by atoms with van der Waals surface area (Å²) in [4.78, 5) is 17.7. The summed E-state index contributed by atoms with van der Waals surface area (Å²) in [6, 6.07) is 0. The van der Waals surface area contributed by atoms with Crippen LogP contribution in [0.15, 0.2) is 24.0 Å². The van der Waals surface area contributed by atoms with Crippen molar-refractivity contribution in [3.05, 3.63) is 29.2 Å². The largest absolute Gasteiger partial charge is 0.499 e. The molecule has 1 heterocycles. The van der Waals surface area contributed by atoms with Crippen LogP contribution in [-0.4, -0.2) is 44.0 Å². The lowest BCUT2D eigenvalue weighted by molar-refractivity contribution is -0.747. The Kier molecular flexibility index (Phi) is 6.02. The van der Waals surface area contributed by atoms with Gasteiger partial charge in [-0.3, -0.25) is 10.0 Å². The Labute approximate surface area is 157 Å². The Balaban J connectivity index is 2.21. The van der Waals surface area contributed by atoms with Gasteiger partial charge in [0.2, 0.25) is 14.0 Å². The van der Waals surface area contributed by atoms with Gasteiger partial charge in [0.1, 0.15) is 12.4 Å². The SMILES string of the molecule is COC1=CC(=O)C=C[C@@]12CC(CO[Si](C(C)C)(C(C)C)C(C)C)=[N+]([O-])O2. The fraction of sp³-hybridized carbons (Fsp3) is 0.684. The van der Waals surface area contributed by atoms with Crippen molar-refractivity contribution in [3.8, 4) is 0 Å². The van der Waals surface area contributed by atoms with Crippen LogP contribution in [0.4, 0.5) is 0 Å². The number of carbonyl (C=O) groups is 1. The monoisotopic (exact) mass is 381 g/mol. The number of methoxy groups -OCH3 is 1. The number of hydrogen-bond acceptors (Lipinski definition) is 5. The maximum Gasteiger partial charge on any atom is 0.248 e. The first-order valence-corrected chi connectivity index (χ1v) is 11.4. The van der Waals surface area contributed by atoms with Crippen LogP contribution in [0.3, 0.4) is 0 Å². The highest BCUT2D eigenvalue weighted by molar-refractivity contribution is 6.77. The normalized spacial score (nSPS) is 23.5. The van der Waals surface area contributed by atoms with E-state index < -0.39 is 13.9 Å². The molecule has 0 aromatic rings. The van der Waals surface area contributed by atoms with E-state index in [2.05, 4.69) is 41.5 Å². The molecule has 0 amide bonds. The first-order chi connectivity index (χ1) is 12.1. The van der Waals surface area contributed by atoms with E-state index in [4.69, 9.17) is 14.0 Å². The first-order valence-electron chi connectivity index (χ1n) is 9.23. The van der Waals surface area contributed by atoms with Crippen molar-refractivity contribution in [2.24, 2.45) is 0 Å². The van der Waals surface area contributed by atoms with Crippen LogP contribution in [-0.2, 0) is 18.8 Å². The van der Waals surface area contributed by atoms with Crippen LogP contribution in [0.25, 0.3) is 0 Å². The summed E-state index contributed by atoms with van der Waals surface area (Å²) in [5.74, 6) is 0.171. The van der Waals surface area contributed by atoms with Gasteiger partial charge in [-0.25, -0.2) is 0 Å². The Morgan fingerprint density at radius 1 is 1.23 bits per heavy atom. The van der Waals surface area contributed by atoms with Crippen molar-refractivity contribution in [1.29, 1.82) is 0 Å². The van der Waals surface area contributed by atoms with Crippen LogP contribution >= 0.6 is 0 Å². The molecule has 1 aliphatic carbocycles. The molecular weight excluding hydrogens is 350 g/mol. The summed E-state index contributed by atoms with van der Waals surface area (Å²) in [6.07, 6.45) is 4.70. The second kappa shape index (κ2) is 7.56. The van der Waals surface area contributed by atoms with Gasteiger partial charge in [-0.15, -0.1) is 0 Å². The summed E-state index contributed by atoms with van der Waals surface area (Å²) in [6.45, 7) is 13.5. The first kappa shape index (κ1) is 20.7. The highest BCUT2D eigenvalue weighted by Crippen LogP contribution is 2.43. The van der Waals surface area contributed by atoms with Gasteiger partial charge in [0.25, 0.3) is 0 Å². The third-order valence-electron chi connectivity index (χ3n) is 5.59. The Morgan fingerprint density at radius 2 is 1.81 bits per heavy atom. The van der Waals surface area contributed by atoms with Crippen LogP contribution in [0.2, 0.25) is 16.6 Å². The fourth-order valence-corrected chi connectivity index (χ4v) is 9.89. The Hall–Kier alpha value is -1.60. The molecule has 146 valence electrons. The Bertz CT molecular complexity index is 629. The van der Waals surface area contributed by atoms with Crippen molar-refractivity contribution < 1.29 is 23.7 Å². The summed E-state index contributed by atoms with van der Waals surface area (Å²) in [5, 5.41) is 12.4. The maximum atomic E-state index is 12.4. The summed E-state index contributed by atoms with van der Waals surface area (Å²) >= 11 is 0. The second-order valence-corrected chi connectivity index (χ2v) is 13.5. The van der Waals surface area contributed by atoms with E-state index in [9.17, 15) is 10.0 Å². The molecule has 1 atom stereocenters. The summed E-state index contributed by atoms with van der Waals surface area (Å²) in [5.41, 5.74) is 0.773. The van der Waals surface area contributed by atoms with Crippen LogP contribution in [0.5, 0.6) is 0 Å². The maximum absolute atomic E-state index is 12.4. The van der Waals surface area contributed by atoms with Gasteiger partial charge in [0.15, 0.2) is 11.4 Å².